The van der Waals surface area contributed by atoms with E-state index < -0.39 is 0 Å². The second-order valence-electron chi connectivity index (χ2n) is 9.28. The zero-order valence-electron chi connectivity index (χ0n) is 19.0. The molecule has 3 heteroatoms. The van der Waals surface area contributed by atoms with Gasteiger partial charge in [0.1, 0.15) is 0 Å². The molecule has 0 spiro atoms. The molecule has 1 aliphatic heterocycles. The van der Waals surface area contributed by atoms with Gasteiger partial charge in [0.25, 0.3) is 0 Å². The first-order chi connectivity index (χ1) is 14.2. The summed E-state index contributed by atoms with van der Waals surface area (Å²) >= 11 is 0. The van der Waals surface area contributed by atoms with Gasteiger partial charge in [-0.1, -0.05) is 101 Å². The zero-order valence-corrected chi connectivity index (χ0v) is 19.0. The molecule has 1 aliphatic rings. The van der Waals surface area contributed by atoms with E-state index in [1.165, 1.54) is 69.8 Å². The van der Waals surface area contributed by atoms with Crippen molar-refractivity contribution in [2.75, 3.05) is 26.2 Å². The van der Waals surface area contributed by atoms with Crippen LogP contribution in [0.2, 0.25) is 0 Å². The van der Waals surface area contributed by atoms with E-state index in [0.717, 1.165) is 38.9 Å². The summed E-state index contributed by atoms with van der Waals surface area (Å²) in [4.78, 5) is 2.44. The van der Waals surface area contributed by atoms with Gasteiger partial charge in [-0.25, -0.2) is 0 Å². The van der Waals surface area contributed by atoms with Crippen molar-refractivity contribution in [2.45, 2.75) is 102 Å². The Bertz CT molecular complexity index is 511. The van der Waals surface area contributed by atoms with Gasteiger partial charge in [-0.2, -0.15) is 0 Å². The fourth-order valence-corrected chi connectivity index (χ4v) is 4.82. The summed E-state index contributed by atoms with van der Waals surface area (Å²) in [5, 5.41) is 10.5. The molecule has 1 atom stereocenters. The van der Waals surface area contributed by atoms with E-state index in [-0.39, 0.29) is 11.5 Å². The maximum Gasteiger partial charge on any atom is 0.0667 e. The normalized spacial score (nSPS) is 18.0. The van der Waals surface area contributed by atoms with Gasteiger partial charge in [0, 0.05) is 18.5 Å². The van der Waals surface area contributed by atoms with Crippen molar-refractivity contribution in [3.05, 3.63) is 35.9 Å². The second kappa shape index (κ2) is 14.2. The van der Waals surface area contributed by atoms with Crippen LogP contribution in [0.4, 0.5) is 0 Å². The lowest BCUT2D eigenvalue weighted by atomic mass is 9.73. The standard InChI is InChI=1S/C26H46N2O/c1-2-3-4-5-6-7-8-9-10-14-17-25(29)22-28-20-18-26(23-27,19-21-28)24-15-12-11-13-16-24/h11-13,15-16,25,29H,2-10,14,17-23,27H2,1H3/t25-/m0/s1. The Morgan fingerprint density at radius 2 is 1.45 bits per heavy atom. The number of likely N-dealkylation sites (tertiary alicyclic amines) is 1. The number of unbranched alkanes of at least 4 members (excludes halogenated alkanes) is 9. The Kier molecular flexibility index (Phi) is 11.9. The number of hydrogen-bond donors (Lipinski definition) is 2. The number of β-amino-alcohol motifs (C(OH)–C–C–N with tert-alkyl or cyclic N) is 1. The number of piperidine rings is 1. The molecule has 0 saturated carbocycles. The quantitative estimate of drug-likeness (QED) is 0.373. The molecular formula is C26H46N2O. The van der Waals surface area contributed by atoms with E-state index in [9.17, 15) is 5.11 Å². The third-order valence-electron chi connectivity index (χ3n) is 6.95. The number of rotatable bonds is 15. The van der Waals surface area contributed by atoms with Crippen LogP contribution in [0, 0.1) is 0 Å². The van der Waals surface area contributed by atoms with Crippen molar-refractivity contribution in [2.24, 2.45) is 5.73 Å². The summed E-state index contributed by atoms with van der Waals surface area (Å²) in [5.41, 5.74) is 7.70. The highest BCUT2D eigenvalue weighted by atomic mass is 16.3. The van der Waals surface area contributed by atoms with E-state index in [0.29, 0.717) is 6.54 Å². The van der Waals surface area contributed by atoms with Crippen molar-refractivity contribution in [3.63, 3.8) is 0 Å². The van der Waals surface area contributed by atoms with Gasteiger partial charge in [-0.3, -0.25) is 0 Å². The molecule has 1 aromatic carbocycles. The Morgan fingerprint density at radius 3 is 2.00 bits per heavy atom. The Balaban J connectivity index is 1.54. The topological polar surface area (TPSA) is 49.5 Å². The average molecular weight is 403 g/mol. The van der Waals surface area contributed by atoms with Crippen molar-refractivity contribution in [1.29, 1.82) is 0 Å². The van der Waals surface area contributed by atoms with Crippen LogP contribution in [0.1, 0.15) is 96.0 Å². The zero-order chi connectivity index (χ0) is 20.8. The van der Waals surface area contributed by atoms with Crippen molar-refractivity contribution in [3.8, 4) is 0 Å². The average Bonchev–Trinajstić information content (AvgIpc) is 2.76. The minimum atomic E-state index is -0.175. The maximum absolute atomic E-state index is 10.5. The van der Waals surface area contributed by atoms with E-state index in [1.54, 1.807) is 0 Å². The third-order valence-corrected chi connectivity index (χ3v) is 6.95. The number of aliphatic hydroxyl groups excluding tert-OH is 1. The van der Waals surface area contributed by atoms with Crippen LogP contribution >= 0.6 is 0 Å². The Hall–Kier alpha value is -0.900. The molecule has 1 fully saturated rings. The van der Waals surface area contributed by atoms with Crippen LogP contribution in [0.5, 0.6) is 0 Å². The molecule has 29 heavy (non-hydrogen) atoms. The second-order valence-corrected chi connectivity index (χ2v) is 9.28. The van der Waals surface area contributed by atoms with Gasteiger partial charge in [0.2, 0.25) is 0 Å². The molecule has 0 aliphatic carbocycles. The molecular weight excluding hydrogens is 356 g/mol. The molecule has 1 saturated heterocycles. The minimum Gasteiger partial charge on any atom is -0.392 e. The van der Waals surface area contributed by atoms with Gasteiger partial charge in [0.05, 0.1) is 6.10 Å². The first-order valence-corrected chi connectivity index (χ1v) is 12.4. The fourth-order valence-electron chi connectivity index (χ4n) is 4.82. The first kappa shape index (κ1) is 24.4. The monoisotopic (exact) mass is 402 g/mol. The van der Waals surface area contributed by atoms with E-state index in [4.69, 9.17) is 5.73 Å². The SMILES string of the molecule is CCCCCCCCCCCC[C@H](O)CN1CCC(CN)(c2ccccc2)CC1. The molecule has 166 valence electrons. The lowest BCUT2D eigenvalue weighted by Crippen LogP contribution is -2.48. The van der Waals surface area contributed by atoms with Gasteiger partial charge in [-0.15, -0.1) is 0 Å². The summed E-state index contributed by atoms with van der Waals surface area (Å²) in [5.74, 6) is 0. The van der Waals surface area contributed by atoms with Gasteiger partial charge in [0.15, 0.2) is 0 Å². The van der Waals surface area contributed by atoms with Crippen molar-refractivity contribution >= 4 is 0 Å². The molecule has 0 amide bonds. The highest BCUT2D eigenvalue weighted by molar-refractivity contribution is 5.26. The predicted octanol–water partition coefficient (Wildman–Crippen LogP) is 5.65. The molecule has 0 bridgehead atoms. The highest BCUT2D eigenvalue weighted by Gasteiger charge is 2.35. The summed E-state index contributed by atoms with van der Waals surface area (Å²) < 4.78 is 0. The van der Waals surface area contributed by atoms with Gasteiger partial charge >= 0.3 is 0 Å². The number of benzene rings is 1. The van der Waals surface area contributed by atoms with Crippen LogP contribution < -0.4 is 5.73 Å². The number of nitrogens with two attached hydrogens (primary N) is 1. The van der Waals surface area contributed by atoms with Crippen LogP contribution in [0.25, 0.3) is 0 Å². The lowest BCUT2D eigenvalue weighted by Gasteiger charge is -2.42. The van der Waals surface area contributed by atoms with E-state index in [2.05, 4.69) is 42.2 Å². The molecule has 0 radical (unpaired) electrons. The lowest BCUT2D eigenvalue weighted by molar-refractivity contribution is 0.0760. The smallest absolute Gasteiger partial charge is 0.0667 e. The van der Waals surface area contributed by atoms with Crippen molar-refractivity contribution in [1.82, 2.24) is 4.90 Å². The third kappa shape index (κ3) is 8.78. The molecule has 3 N–H and O–H groups in total. The molecule has 3 nitrogen and oxygen atoms in total. The molecule has 1 heterocycles. The van der Waals surface area contributed by atoms with Crippen molar-refractivity contribution < 1.29 is 5.11 Å². The molecule has 2 rings (SSSR count). The first-order valence-electron chi connectivity index (χ1n) is 12.4. The van der Waals surface area contributed by atoms with Gasteiger partial charge in [-0.05, 0) is 37.9 Å². The van der Waals surface area contributed by atoms with Crippen LogP contribution in [-0.2, 0) is 5.41 Å². The van der Waals surface area contributed by atoms with E-state index >= 15 is 0 Å². The summed E-state index contributed by atoms with van der Waals surface area (Å²) in [6.07, 6.45) is 16.5. The van der Waals surface area contributed by atoms with E-state index in [1.807, 2.05) is 0 Å². The molecule has 1 aromatic rings. The van der Waals surface area contributed by atoms with Crippen LogP contribution in [-0.4, -0.2) is 42.3 Å². The molecule has 0 unspecified atom stereocenters. The number of nitrogens with zero attached hydrogens (tertiary/aromatic N) is 1. The highest BCUT2D eigenvalue weighted by Crippen LogP contribution is 2.34. The summed E-state index contributed by atoms with van der Waals surface area (Å²) in [6, 6.07) is 10.8. The predicted molar refractivity (Wildman–Crippen MR) is 125 cm³/mol. The summed E-state index contributed by atoms with van der Waals surface area (Å²) in [7, 11) is 0. The minimum absolute atomic E-state index is 0.124. The summed E-state index contributed by atoms with van der Waals surface area (Å²) in [6.45, 7) is 5.90. The maximum atomic E-state index is 10.5. The largest absolute Gasteiger partial charge is 0.392 e. The van der Waals surface area contributed by atoms with Crippen LogP contribution in [0.3, 0.4) is 0 Å². The number of aliphatic hydroxyl groups is 1. The fraction of sp³-hybridized carbons (Fsp3) is 0.769. The van der Waals surface area contributed by atoms with Crippen LogP contribution in [0.15, 0.2) is 30.3 Å². The Labute approximate surface area is 180 Å². The molecule has 0 aromatic heterocycles. The van der Waals surface area contributed by atoms with Gasteiger partial charge < -0.3 is 15.7 Å². The number of hydrogen-bond acceptors (Lipinski definition) is 3. The Morgan fingerprint density at radius 1 is 0.897 bits per heavy atom.